The van der Waals surface area contributed by atoms with Crippen molar-refractivity contribution in [3.63, 3.8) is 0 Å². The van der Waals surface area contributed by atoms with E-state index in [1.807, 2.05) is 0 Å². The molecule has 2 aliphatic rings. The topological polar surface area (TPSA) is 15.7 Å². The monoisotopic (exact) mass is 358 g/mol. The Morgan fingerprint density at radius 1 is 1.00 bits per heavy atom. The highest BCUT2D eigenvalue weighted by Gasteiger charge is 2.27. The van der Waals surface area contributed by atoms with Crippen molar-refractivity contribution in [1.29, 1.82) is 0 Å². The highest BCUT2D eigenvalue weighted by molar-refractivity contribution is 14.1. The Labute approximate surface area is 122 Å². The molecule has 18 heavy (non-hydrogen) atoms. The molecule has 0 amide bonds. The van der Waals surface area contributed by atoms with Crippen molar-refractivity contribution in [2.24, 2.45) is 0 Å². The molecule has 1 aromatic carbocycles. The Bertz CT molecular complexity index is 391. The number of nitrogens with zero attached hydrogens (tertiary/aromatic N) is 2. The summed E-state index contributed by atoms with van der Waals surface area (Å²) >= 11 is 2.36. The number of anilines is 1. The molecule has 3 rings (SSSR count). The van der Waals surface area contributed by atoms with Crippen molar-refractivity contribution in [2.45, 2.75) is 12.5 Å². The van der Waals surface area contributed by atoms with Crippen LogP contribution in [0.4, 0.5) is 5.69 Å². The zero-order valence-electron chi connectivity index (χ0n) is 10.5. The maximum absolute atomic E-state index is 5.30. The molecular weight excluding hydrogens is 339 g/mol. The van der Waals surface area contributed by atoms with E-state index in [2.05, 4.69) is 56.7 Å². The van der Waals surface area contributed by atoms with Crippen molar-refractivity contribution < 1.29 is 4.74 Å². The lowest BCUT2D eigenvalue weighted by Crippen LogP contribution is -2.50. The molecule has 98 valence electrons. The predicted octanol–water partition coefficient (Wildman–Crippen LogP) is 2.20. The Kier molecular flexibility index (Phi) is 4.06. The fourth-order valence-electron chi connectivity index (χ4n) is 2.65. The first-order valence-electron chi connectivity index (χ1n) is 6.65. The Morgan fingerprint density at radius 2 is 1.78 bits per heavy atom. The van der Waals surface area contributed by atoms with Crippen LogP contribution in [0.5, 0.6) is 0 Å². The van der Waals surface area contributed by atoms with E-state index in [0.29, 0.717) is 6.04 Å². The number of halogens is 1. The van der Waals surface area contributed by atoms with E-state index < -0.39 is 0 Å². The van der Waals surface area contributed by atoms with Crippen LogP contribution in [-0.2, 0) is 4.74 Å². The Hall–Kier alpha value is -0.330. The molecule has 0 unspecified atom stereocenters. The van der Waals surface area contributed by atoms with Crippen LogP contribution < -0.4 is 4.90 Å². The molecule has 2 fully saturated rings. The molecule has 0 saturated carbocycles. The number of hydrogen-bond donors (Lipinski definition) is 0. The molecule has 2 heterocycles. The second kappa shape index (κ2) is 5.75. The van der Waals surface area contributed by atoms with Gasteiger partial charge in [0.15, 0.2) is 0 Å². The summed E-state index contributed by atoms with van der Waals surface area (Å²) in [5.41, 5.74) is 1.36. The molecule has 4 heteroatoms. The van der Waals surface area contributed by atoms with Gasteiger partial charge in [0, 0.05) is 35.4 Å². The molecule has 0 radical (unpaired) electrons. The average Bonchev–Trinajstić information content (AvgIpc) is 2.54. The van der Waals surface area contributed by atoms with Crippen molar-refractivity contribution in [1.82, 2.24) is 4.90 Å². The molecule has 0 aromatic heterocycles. The highest BCUT2D eigenvalue weighted by atomic mass is 127. The molecule has 0 bridgehead atoms. The smallest absolute Gasteiger partial charge is 0.0645 e. The highest BCUT2D eigenvalue weighted by Crippen LogP contribution is 2.20. The molecule has 0 spiro atoms. The van der Waals surface area contributed by atoms with Gasteiger partial charge in [-0.15, -0.1) is 0 Å². The zero-order chi connectivity index (χ0) is 12.4. The largest absolute Gasteiger partial charge is 0.378 e. The van der Waals surface area contributed by atoms with E-state index in [-0.39, 0.29) is 0 Å². The first-order valence-corrected chi connectivity index (χ1v) is 7.73. The third kappa shape index (κ3) is 2.81. The van der Waals surface area contributed by atoms with Gasteiger partial charge in [0.1, 0.15) is 0 Å². The van der Waals surface area contributed by atoms with Crippen molar-refractivity contribution >= 4 is 28.3 Å². The lowest BCUT2D eigenvalue weighted by molar-refractivity contribution is -0.0625. The number of ether oxygens (including phenoxy) is 1. The summed E-state index contributed by atoms with van der Waals surface area (Å²) in [6.45, 7) is 6.56. The van der Waals surface area contributed by atoms with Crippen LogP contribution in [0.15, 0.2) is 24.3 Å². The van der Waals surface area contributed by atoms with Crippen molar-refractivity contribution in [3.8, 4) is 0 Å². The molecule has 3 nitrogen and oxygen atoms in total. The van der Waals surface area contributed by atoms with Gasteiger partial charge in [-0.05, 0) is 53.3 Å². The van der Waals surface area contributed by atoms with E-state index in [4.69, 9.17) is 4.74 Å². The maximum Gasteiger partial charge on any atom is 0.0645 e. The van der Waals surface area contributed by atoms with Gasteiger partial charge in [0.25, 0.3) is 0 Å². The summed E-state index contributed by atoms with van der Waals surface area (Å²) in [6, 6.07) is 9.55. The molecule has 0 aliphatic carbocycles. The third-order valence-electron chi connectivity index (χ3n) is 3.86. The molecule has 2 saturated heterocycles. The van der Waals surface area contributed by atoms with Crippen LogP contribution in [-0.4, -0.2) is 50.3 Å². The summed E-state index contributed by atoms with van der Waals surface area (Å²) in [7, 11) is 0. The van der Waals surface area contributed by atoms with Gasteiger partial charge in [-0.2, -0.15) is 0 Å². The van der Waals surface area contributed by atoms with E-state index in [0.717, 1.165) is 19.8 Å². The molecule has 0 N–H and O–H groups in total. The second-order valence-corrected chi connectivity index (χ2v) is 6.29. The maximum atomic E-state index is 5.30. The van der Waals surface area contributed by atoms with Gasteiger partial charge >= 0.3 is 0 Å². The lowest BCUT2D eigenvalue weighted by Gasteiger charge is -2.36. The quantitative estimate of drug-likeness (QED) is 0.754. The Morgan fingerprint density at radius 3 is 2.44 bits per heavy atom. The van der Waals surface area contributed by atoms with Crippen molar-refractivity contribution in [2.75, 3.05) is 44.3 Å². The van der Waals surface area contributed by atoms with E-state index in [1.54, 1.807) is 0 Å². The van der Waals surface area contributed by atoms with E-state index >= 15 is 0 Å². The summed E-state index contributed by atoms with van der Waals surface area (Å²) < 4.78 is 6.60. The van der Waals surface area contributed by atoms with Crippen molar-refractivity contribution in [3.05, 3.63) is 27.8 Å². The third-order valence-corrected chi connectivity index (χ3v) is 4.58. The van der Waals surface area contributed by atoms with Gasteiger partial charge in [0.2, 0.25) is 0 Å². The van der Waals surface area contributed by atoms with E-state index in [1.165, 1.54) is 35.3 Å². The second-order valence-electron chi connectivity index (χ2n) is 5.04. The lowest BCUT2D eigenvalue weighted by atomic mass is 10.2. The Balaban J connectivity index is 1.62. The van der Waals surface area contributed by atoms with Gasteiger partial charge < -0.3 is 9.64 Å². The minimum Gasteiger partial charge on any atom is -0.378 e. The fraction of sp³-hybridized carbons (Fsp3) is 0.571. The van der Waals surface area contributed by atoms with Gasteiger partial charge in [-0.25, -0.2) is 0 Å². The average molecular weight is 358 g/mol. The van der Waals surface area contributed by atoms with E-state index in [9.17, 15) is 0 Å². The van der Waals surface area contributed by atoms with Crippen LogP contribution in [0.25, 0.3) is 0 Å². The van der Waals surface area contributed by atoms with Crippen LogP contribution in [0, 0.1) is 3.57 Å². The first-order chi connectivity index (χ1) is 8.83. The number of hydrogen-bond acceptors (Lipinski definition) is 3. The minimum atomic E-state index is 0.682. The SMILES string of the molecule is Ic1ccc(N2CCCN(C3COC3)CC2)cc1. The first kappa shape index (κ1) is 12.7. The zero-order valence-corrected chi connectivity index (χ0v) is 12.7. The molecule has 0 atom stereocenters. The minimum absolute atomic E-state index is 0.682. The predicted molar refractivity (Wildman–Crippen MR) is 82.2 cm³/mol. The summed E-state index contributed by atoms with van der Waals surface area (Å²) in [6.07, 6.45) is 1.25. The number of rotatable bonds is 2. The standard InChI is InChI=1S/C14H19IN2O/c15-12-2-4-13(5-3-12)16-6-1-7-17(9-8-16)14-10-18-11-14/h2-5,14H,1,6-11H2. The van der Waals surface area contributed by atoms with Gasteiger partial charge in [-0.3, -0.25) is 4.90 Å². The summed E-state index contributed by atoms with van der Waals surface area (Å²) in [5, 5.41) is 0. The molecule has 1 aromatic rings. The fourth-order valence-corrected chi connectivity index (χ4v) is 3.01. The van der Waals surface area contributed by atoms with Crippen LogP contribution in [0.1, 0.15) is 6.42 Å². The van der Waals surface area contributed by atoms with Gasteiger partial charge in [-0.1, -0.05) is 0 Å². The molecule has 2 aliphatic heterocycles. The van der Waals surface area contributed by atoms with Crippen LogP contribution >= 0.6 is 22.6 Å². The molecular formula is C14H19IN2O. The van der Waals surface area contributed by atoms with Gasteiger partial charge in [0.05, 0.1) is 19.3 Å². The number of benzene rings is 1. The van der Waals surface area contributed by atoms with Crippen LogP contribution in [0.3, 0.4) is 0 Å². The summed E-state index contributed by atoms with van der Waals surface area (Å²) in [5.74, 6) is 0. The summed E-state index contributed by atoms with van der Waals surface area (Å²) in [4.78, 5) is 5.10. The normalized spacial score (nSPS) is 22.6. The van der Waals surface area contributed by atoms with Crippen LogP contribution in [0.2, 0.25) is 0 Å².